The fourth-order valence-corrected chi connectivity index (χ4v) is 2.73. The highest BCUT2D eigenvalue weighted by Gasteiger charge is 2.23. The molecule has 1 aliphatic heterocycles. The number of rotatable bonds is 2. The van der Waals surface area contributed by atoms with E-state index in [1.54, 1.807) is 16.8 Å². The van der Waals surface area contributed by atoms with Gasteiger partial charge < -0.3 is 5.32 Å². The molecule has 1 N–H and O–H groups in total. The number of hydrogen-bond acceptors (Lipinski definition) is 3. The lowest BCUT2D eigenvalue weighted by Crippen LogP contribution is -2.20. The SMILES string of the molecule is Cc1ccc(C2=C[C@H](c3ccc(F)cc3)n3ncnc3N2)cc1. The predicted molar refractivity (Wildman–Crippen MR) is 87.3 cm³/mol. The third-order valence-corrected chi connectivity index (χ3v) is 3.98. The van der Waals surface area contributed by atoms with Gasteiger partial charge in [0.15, 0.2) is 0 Å². The Kier molecular flexibility index (Phi) is 3.19. The maximum Gasteiger partial charge on any atom is 0.226 e. The fourth-order valence-electron chi connectivity index (χ4n) is 2.73. The van der Waals surface area contributed by atoms with Gasteiger partial charge in [0.25, 0.3) is 0 Å². The third kappa shape index (κ3) is 2.50. The second-order valence-corrected chi connectivity index (χ2v) is 5.60. The second-order valence-electron chi connectivity index (χ2n) is 5.60. The van der Waals surface area contributed by atoms with Crippen molar-refractivity contribution in [3.8, 4) is 0 Å². The van der Waals surface area contributed by atoms with Crippen LogP contribution in [0.3, 0.4) is 0 Å². The first-order chi connectivity index (χ1) is 11.2. The maximum absolute atomic E-state index is 13.2. The standard InChI is InChI=1S/C18H15FN4/c1-12-2-4-13(5-3-12)16-10-17(14-6-8-15(19)9-7-14)23-18(22-16)20-11-21-23/h2-11,17H,1H3,(H,20,21,22)/t17-/m1/s1. The van der Waals surface area contributed by atoms with Crippen molar-refractivity contribution in [2.24, 2.45) is 0 Å². The molecule has 0 saturated carbocycles. The molecule has 114 valence electrons. The Labute approximate surface area is 133 Å². The van der Waals surface area contributed by atoms with Crippen LogP contribution in [0.15, 0.2) is 60.9 Å². The molecule has 0 radical (unpaired) electrons. The Morgan fingerprint density at radius 1 is 1.04 bits per heavy atom. The van der Waals surface area contributed by atoms with Crippen LogP contribution >= 0.6 is 0 Å². The van der Waals surface area contributed by atoms with Gasteiger partial charge in [0.2, 0.25) is 5.95 Å². The molecule has 0 fully saturated rings. The van der Waals surface area contributed by atoms with Crippen molar-refractivity contribution in [1.29, 1.82) is 0 Å². The molecule has 0 aliphatic carbocycles. The summed E-state index contributed by atoms with van der Waals surface area (Å²) in [6, 6.07) is 14.7. The lowest BCUT2D eigenvalue weighted by molar-refractivity contribution is 0.603. The molecule has 1 aliphatic rings. The number of hydrogen-bond donors (Lipinski definition) is 1. The Bertz CT molecular complexity index is 863. The Morgan fingerprint density at radius 3 is 2.52 bits per heavy atom. The number of nitrogens with one attached hydrogen (secondary N) is 1. The van der Waals surface area contributed by atoms with E-state index in [0.29, 0.717) is 5.95 Å². The molecule has 1 atom stereocenters. The topological polar surface area (TPSA) is 42.7 Å². The van der Waals surface area contributed by atoms with Crippen molar-refractivity contribution in [3.63, 3.8) is 0 Å². The molecule has 0 saturated heterocycles. The van der Waals surface area contributed by atoms with Crippen LogP contribution < -0.4 is 5.32 Å². The summed E-state index contributed by atoms with van der Waals surface area (Å²) in [4.78, 5) is 4.27. The Hall–Kier alpha value is -2.95. The van der Waals surface area contributed by atoms with Gasteiger partial charge in [-0.05, 0) is 36.3 Å². The summed E-state index contributed by atoms with van der Waals surface area (Å²) in [5, 5.41) is 7.58. The van der Waals surface area contributed by atoms with Gasteiger partial charge in [-0.25, -0.2) is 9.07 Å². The summed E-state index contributed by atoms with van der Waals surface area (Å²) in [5.74, 6) is 0.432. The van der Waals surface area contributed by atoms with Gasteiger partial charge >= 0.3 is 0 Å². The first-order valence-electron chi connectivity index (χ1n) is 7.41. The van der Waals surface area contributed by atoms with Crippen LogP contribution in [-0.2, 0) is 0 Å². The van der Waals surface area contributed by atoms with Gasteiger partial charge in [-0.1, -0.05) is 42.0 Å². The summed E-state index contributed by atoms with van der Waals surface area (Å²) < 4.78 is 15.0. The molecule has 2 heterocycles. The molecule has 1 aromatic heterocycles. The highest BCUT2D eigenvalue weighted by atomic mass is 19.1. The summed E-state index contributed by atoms with van der Waals surface area (Å²) in [6.45, 7) is 2.06. The monoisotopic (exact) mass is 306 g/mol. The minimum absolute atomic E-state index is 0.120. The van der Waals surface area contributed by atoms with Gasteiger partial charge in [0.05, 0.1) is 0 Å². The third-order valence-electron chi connectivity index (χ3n) is 3.98. The van der Waals surface area contributed by atoms with Crippen molar-refractivity contribution < 1.29 is 4.39 Å². The van der Waals surface area contributed by atoms with Crippen molar-refractivity contribution in [3.05, 3.63) is 83.4 Å². The molecular formula is C18H15FN4. The predicted octanol–water partition coefficient (Wildman–Crippen LogP) is 3.78. The molecule has 0 bridgehead atoms. The number of nitrogens with zero attached hydrogens (tertiary/aromatic N) is 3. The van der Waals surface area contributed by atoms with Crippen LogP contribution in [0, 0.1) is 12.7 Å². The van der Waals surface area contributed by atoms with Crippen molar-refractivity contribution in [1.82, 2.24) is 14.8 Å². The lowest BCUT2D eigenvalue weighted by Gasteiger charge is -2.24. The number of aromatic nitrogens is 3. The minimum atomic E-state index is -0.246. The van der Waals surface area contributed by atoms with E-state index in [9.17, 15) is 4.39 Å². The summed E-state index contributed by atoms with van der Waals surface area (Å²) >= 11 is 0. The number of halogens is 1. The Balaban J connectivity index is 1.79. The van der Waals surface area contributed by atoms with Gasteiger partial charge in [0.1, 0.15) is 18.2 Å². The fraction of sp³-hybridized carbons (Fsp3) is 0.111. The molecule has 4 rings (SSSR count). The van der Waals surface area contributed by atoms with E-state index >= 15 is 0 Å². The van der Waals surface area contributed by atoms with E-state index in [2.05, 4.69) is 52.7 Å². The molecule has 3 aromatic rings. The molecule has 0 amide bonds. The average Bonchev–Trinajstić information content (AvgIpc) is 3.04. The van der Waals surface area contributed by atoms with E-state index in [1.165, 1.54) is 24.0 Å². The van der Waals surface area contributed by atoms with Crippen LogP contribution in [-0.4, -0.2) is 14.8 Å². The summed E-state index contributed by atoms with van der Waals surface area (Å²) in [6.07, 6.45) is 3.60. The number of fused-ring (bicyclic) bond motifs is 1. The zero-order chi connectivity index (χ0) is 15.8. The molecular weight excluding hydrogens is 291 g/mol. The van der Waals surface area contributed by atoms with E-state index in [4.69, 9.17) is 0 Å². The van der Waals surface area contributed by atoms with Crippen molar-refractivity contribution >= 4 is 11.6 Å². The Morgan fingerprint density at radius 2 is 1.78 bits per heavy atom. The largest absolute Gasteiger partial charge is 0.324 e. The van der Waals surface area contributed by atoms with E-state index in [1.807, 2.05) is 0 Å². The zero-order valence-corrected chi connectivity index (χ0v) is 12.6. The lowest BCUT2D eigenvalue weighted by atomic mass is 10.0. The van der Waals surface area contributed by atoms with Crippen LogP contribution in [0.4, 0.5) is 10.3 Å². The van der Waals surface area contributed by atoms with Crippen molar-refractivity contribution in [2.75, 3.05) is 5.32 Å². The maximum atomic E-state index is 13.2. The average molecular weight is 306 g/mol. The van der Waals surface area contributed by atoms with Gasteiger partial charge in [-0.3, -0.25) is 0 Å². The highest BCUT2D eigenvalue weighted by Crippen LogP contribution is 2.31. The van der Waals surface area contributed by atoms with E-state index < -0.39 is 0 Å². The zero-order valence-electron chi connectivity index (χ0n) is 12.6. The van der Waals surface area contributed by atoms with Crippen LogP contribution in [0.1, 0.15) is 22.7 Å². The first-order valence-corrected chi connectivity index (χ1v) is 7.41. The smallest absolute Gasteiger partial charge is 0.226 e. The molecule has 23 heavy (non-hydrogen) atoms. The van der Waals surface area contributed by atoms with Gasteiger partial charge in [0, 0.05) is 5.70 Å². The molecule has 2 aromatic carbocycles. The van der Waals surface area contributed by atoms with E-state index in [-0.39, 0.29) is 11.9 Å². The second kappa shape index (κ2) is 5.35. The highest BCUT2D eigenvalue weighted by molar-refractivity contribution is 5.77. The quantitative estimate of drug-likeness (QED) is 0.783. The molecule has 0 unspecified atom stereocenters. The number of anilines is 1. The van der Waals surface area contributed by atoms with E-state index in [0.717, 1.165) is 16.8 Å². The van der Waals surface area contributed by atoms with Crippen LogP contribution in [0.2, 0.25) is 0 Å². The van der Waals surface area contributed by atoms with Crippen molar-refractivity contribution in [2.45, 2.75) is 13.0 Å². The summed E-state index contributed by atoms with van der Waals surface area (Å²) in [7, 11) is 0. The number of benzene rings is 2. The number of allylic oxidation sites excluding steroid dienone is 1. The van der Waals surface area contributed by atoms with Gasteiger partial charge in [-0.2, -0.15) is 10.1 Å². The molecule has 4 nitrogen and oxygen atoms in total. The normalized spacial score (nSPS) is 16.4. The molecule has 0 spiro atoms. The number of aryl methyl sites for hydroxylation is 1. The summed E-state index contributed by atoms with van der Waals surface area (Å²) in [5.41, 5.74) is 4.23. The van der Waals surface area contributed by atoms with Crippen LogP contribution in [0.25, 0.3) is 5.70 Å². The van der Waals surface area contributed by atoms with Crippen LogP contribution in [0.5, 0.6) is 0 Å². The van der Waals surface area contributed by atoms with Gasteiger partial charge in [-0.15, -0.1) is 0 Å². The minimum Gasteiger partial charge on any atom is -0.324 e. The first kappa shape index (κ1) is 13.7. The molecule has 5 heteroatoms.